The third-order valence-corrected chi connectivity index (χ3v) is 3.10. The SMILES string of the molecule is C[SiH2]CC(C)(C)Cl. The van der Waals surface area contributed by atoms with E-state index in [1.165, 1.54) is 6.04 Å². The van der Waals surface area contributed by atoms with Crippen LogP contribution < -0.4 is 0 Å². The summed E-state index contributed by atoms with van der Waals surface area (Å²) in [6.45, 7) is 6.43. The molecule has 0 aromatic carbocycles. The first-order valence-corrected chi connectivity index (χ1v) is 5.54. The molecule has 0 aliphatic carbocycles. The summed E-state index contributed by atoms with van der Waals surface area (Å²) in [5, 5.41) is 0. The lowest BCUT2D eigenvalue weighted by molar-refractivity contribution is 0.782. The van der Waals surface area contributed by atoms with Gasteiger partial charge in [0, 0.05) is 14.4 Å². The molecule has 0 unspecified atom stereocenters. The zero-order valence-corrected chi connectivity index (χ0v) is 7.46. The Morgan fingerprint density at radius 1 is 1.57 bits per heavy atom. The van der Waals surface area contributed by atoms with E-state index in [0.29, 0.717) is 0 Å². The van der Waals surface area contributed by atoms with Crippen LogP contribution in [0.15, 0.2) is 0 Å². The fourth-order valence-electron chi connectivity index (χ4n) is 0.594. The van der Waals surface area contributed by atoms with E-state index in [1.807, 2.05) is 0 Å². The molecule has 0 aliphatic heterocycles. The van der Waals surface area contributed by atoms with Gasteiger partial charge in [-0.15, -0.1) is 11.6 Å². The second-order valence-electron chi connectivity index (χ2n) is 2.47. The summed E-state index contributed by atoms with van der Waals surface area (Å²) in [6, 6.07) is 1.24. The summed E-state index contributed by atoms with van der Waals surface area (Å²) >= 11 is 5.87. The van der Waals surface area contributed by atoms with Gasteiger partial charge in [0.25, 0.3) is 0 Å². The van der Waals surface area contributed by atoms with Gasteiger partial charge in [0.05, 0.1) is 0 Å². The molecule has 0 rings (SSSR count). The lowest BCUT2D eigenvalue weighted by Crippen LogP contribution is -2.10. The van der Waals surface area contributed by atoms with E-state index in [0.717, 1.165) is 0 Å². The van der Waals surface area contributed by atoms with Crippen LogP contribution in [0.5, 0.6) is 0 Å². The number of hydrogen-bond acceptors (Lipinski definition) is 0. The normalized spacial score (nSPS) is 13.7. The maximum atomic E-state index is 5.87. The van der Waals surface area contributed by atoms with Gasteiger partial charge in [-0.05, 0) is 19.9 Å². The van der Waals surface area contributed by atoms with Gasteiger partial charge in [0.2, 0.25) is 0 Å². The third kappa shape index (κ3) is 6.51. The van der Waals surface area contributed by atoms with Crippen molar-refractivity contribution in [1.29, 1.82) is 0 Å². The molecule has 0 aromatic rings. The van der Waals surface area contributed by atoms with Crippen LogP contribution >= 0.6 is 11.6 Å². The maximum Gasteiger partial charge on any atom is 0.0362 e. The Bertz CT molecular complexity index is 46.5. The van der Waals surface area contributed by atoms with Crippen molar-refractivity contribution in [1.82, 2.24) is 0 Å². The van der Waals surface area contributed by atoms with Crippen molar-refractivity contribution in [2.24, 2.45) is 0 Å². The number of rotatable bonds is 2. The number of alkyl halides is 1. The van der Waals surface area contributed by atoms with Crippen LogP contribution in [0.1, 0.15) is 13.8 Å². The molecule has 0 aromatic heterocycles. The Labute approximate surface area is 53.1 Å². The van der Waals surface area contributed by atoms with Crippen LogP contribution in [0.2, 0.25) is 12.6 Å². The number of hydrogen-bond donors (Lipinski definition) is 0. The minimum atomic E-state index is 0.0843. The molecule has 44 valence electrons. The second kappa shape index (κ2) is 2.73. The topological polar surface area (TPSA) is 0 Å². The Morgan fingerprint density at radius 3 is 2.00 bits per heavy atom. The molecule has 0 nitrogen and oxygen atoms in total. The zero-order valence-electron chi connectivity index (χ0n) is 5.29. The highest BCUT2D eigenvalue weighted by molar-refractivity contribution is 6.38. The minimum Gasteiger partial charge on any atom is -0.120 e. The smallest absolute Gasteiger partial charge is 0.0362 e. The Kier molecular flexibility index (Phi) is 2.92. The van der Waals surface area contributed by atoms with Crippen molar-refractivity contribution in [3.8, 4) is 0 Å². The van der Waals surface area contributed by atoms with Gasteiger partial charge in [0.15, 0.2) is 0 Å². The highest BCUT2D eigenvalue weighted by Gasteiger charge is 2.09. The highest BCUT2D eigenvalue weighted by Crippen LogP contribution is 2.16. The minimum absolute atomic E-state index is 0.0843. The van der Waals surface area contributed by atoms with Crippen LogP contribution in [0.25, 0.3) is 0 Å². The first kappa shape index (κ1) is 7.51. The van der Waals surface area contributed by atoms with E-state index in [4.69, 9.17) is 11.6 Å². The van der Waals surface area contributed by atoms with Gasteiger partial charge in [-0.2, -0.15) is 0 Å². The fourth-order valence-corrected chi connectivity index (χ4v) is 2.35. The average molecular weight is 137 g/mol. The van der Waals surface area contributed by atoms with Gasteiger partial charge in [0.1, 0.15) is 0 Å². The van der Waals surface area contributed by atoms with Gasteiger partial charge in [-0.1, -0.05) is 6.55 Å². The quantitative estimate of drug-likeness (QED) is 0.400. The van der Waals surface area contributed by atoms with E-state index in [9.17, 15) is 0 Å². The predicted octanol–water partition coefficient (Wildman–Crippen LogP) is 1.64. The third-order valence-electron chi connectivity index (χ3n) is 0.844. The van der Waals surface area contributed by atoms with E-state index in [-0.39, 0.29) is 14.4 Å². The Morgan fingerprint density at radius 2 is 2.00 bits per heavy atom. The van der Waals surface area contributed by atoms with Crippen molar-refractivity contribution in [3.63, 3.8) is 0 Å². The van der Waals surface area contributed by atoms with E-state index < -0.39 is 0 Å². The molecule has 0 fully saturated rings. The first-order chi connectivity index (χ1) is 3.06. The van der Waals surface area contributed by atoms with Crippen LogP contribution in [-0.4, -0.2) is 14.4 Å². The lowest BCUT2D eigenvalue weighted by atomic mass is 10.3. The van der Waals surface area contributed by atoms with Crippen molar-refractivity contribution in [2.45, 2.75) is 31.3 Å². The van der Waals surface area contributed by atoms with Gasteiger partial charge in [-0.25, -0.2) is 0 Å². The van der Waals surface area contributed by atoms with Crippen LogP contribution in [-0.2, 0) is 0 Å². The summed E-state index contributed by atoms with van der Waals surface area (Å²) in [5.74, 6) is 0. The van der Waals surface area contributed by atoms with Crippen LogP contribution in [0.3, 0.4) is 0 Å². The molecule has 0 atom stereocenters. The fraction of sp³-hybridized carbons (Fsp3) is 1.00. The molecule has 7 heavy (non-hydrogen) atoms. The second-order valence-corrected chi connectivity index (χ2v) is 4.99. The molecule has 0 heterocycles. The molecule has 0 saturated carbocycles. The highest BCUT2D eigenvalue weighted by atomic mass is 35.5. The monoisotopic (exact) mass is 136 g/mol. The van der Waals surface area contributed by atoms with Gasteiger partial charge < -0.3 is 0 Å². The molecule has 0 aliphatic rings. The van der Waals surface area contributed by atoms with Crippen molar-refractivity contribution >= 4 is 21.1 Å². The van der Waals surface area contributed by atoms with E-state index in [2.05, 4.69) is 20.4 Å². The summed E-state index contributed by atoms with van der Waals surface area (Å²) in [7, 11) is 0.178. The van der Waals surface area contributed by atoms with Gasteiger partial charge in [-0.3, -0.25) is 0 Å². The van der Waals surface area contributed by atoms with E-state index in [1.54, 1.807) is 0 Å². The lowest BCUT2D eigenvalue weighted by Gasteiger charge is -2.11. The van der Waals surface area contributed by atoms with E-state index >= 15 is 0 Å². The molecule has 0 spiro atoms. The molecule has 2 heteroatoms. The summed E-state index contributed by atoms with van der Waals surface area (Å²) < 4.78 is 0. The summed E-state index contributed by atoms with van der Waals surface area (Å²) in [5.41, 5.74) is 0. The molecule has 0 amide bonds. The van der Waals surface area contributed by atoms with Crippen molar-refractivity contribution in [2.75, 3.05) is 0 Å². The van der Waals surface area contributed by atoms with Gasteiger partial charge >= 0.3 is 0 Å². The molecule has 0 radical (unpaired) electrons. The zero-order chi connectivity index (χ0) is 5.91. The average Bonchev–Trinajstić information content (AvgIpc) is 1.30. The van der Waals surface area contributed by atoms with Crippen LogP contribution in [0, 0.1) is 0 Å². The van der Waals surface area contributed by atoms with Crippen LogP contribution in [0.4, 0.5) is 0 Å². The summed E-state index contributed by atoms with van der Waals surface area (Å²) in [4.78, 5) is 0.0843. The molecular weight excluding hydrogens is 124 g/mol. The predicted molar refractivity (Wildman–Crippen MR) is 39.1 cm³/mol. The molecule has 0 saturated heterocycles. The number of halogens is 1. The Hall–Kier alpha value is 0.507. The standard InChI is InChI=1S/C5H13ClSi/c1-5(2,6)4-7-3/h4,7H2,1-3H3. The largest absolute Gasteiger partial charge is 0.120 e. The van der Waals surface area contributed by atoms with Crippen molar-refractivity contribution < 1.29 is 0 Å². The maximum absolute atomic E-state index is 5.87. The molecular formula is C5H13ClSi. The molecule has 0 bridgehead atoms. The first-order valence-electron chi connectivity index (χ1n) is 2.75. The summed E-state index contributed by atoms with van der Waals surface area (Å²) in [6.07, 6.45) is 0. The van der Waals surface area contributed by atoms with Crippen molar-refractivity contribution in [3.05, 3.63) is 0 Å². The Balaban J connectivity index is 3.15. The molecule has 0 N–H and O–H groups in total.